The molecule has 1 aromatic carbocycles. The number of rotatable bonds is 6. The van der Waals surface area contributed by atoms with E-state index in [-0.39, 0.29) is 17.1 Å². The van der Waals surface area contributed by atoms with Gasteiger partial charge < -0.3 is 10.2 Å². The lowest BCUT2D eigenvalue weighted by Crippen LogP contribution is -2.42. The van der Waals surface area contributed by atoms with E-state index in [0.29, 0.717) is 29.3 Å². The lowest BCUT2D eigenvalue weighted by Gasteiger charge is -2.13. The van der Waals surface area contributed by atoms with Gasteiger partial charge in [0.25, 0.3) is 10.8 Å². The minimum absolute atomic E-state index is 0.0728. The lowest BCUT2D eigenvalue weighted by atomic mass is 10.2. The predicted molar refractivity (Wildman–Crippen MR) is 99.7 cm³/mol. The van der Waals surface area contributed by atoms with E-state index in [1.54, 1.807) is 12.1 Å². The minimum atomic E-state index is -0.692. The van der Waals surface area contributed by atoms with Crippen LogP contribution in [0.15, 0.2) is 43.5 Å². The summed E-state index contributed by atoms with van der Waals surface area (Å²) in [5.74, 6) is -0.639. The highest BCUT2D eigenvalue weighted by Gasteiger charge is 2.22. The SMILES string of the molecule is CCCn1c(N)c(C(=O)CSc2nc3ccccc3o2)c(=O)n(C)c1=O. The van der Waals surface area contributed by atoms with Crippen molar-refractivity contribution < 1.29 is 9.21 Å². The second-order valence-electron chi connectivity index (χ2n) is 5.72. The summed E-state index contributed by atoms with van der Waals surface area (Å²) in [6.45, 7) is 2.21. The first-order chi connectivity index (χ1) is 12.4. The van der Waals surface area contributed by atoms with Crippen LogP contribution < -0.4 is 17.0 Å². The number of carbonyl (C=O) groups is 1. The quantitative estimate of drug-likeness (QED) is 0.515. The second-order valence-corrected chi connectivity index (χ2v) is 6.64. The molecule has 0 saturated carbocycles. The van der Waals surface area contributed by atoms with E-state index in [2.05, 4.69) is 4.98 Å². The van der Waals surface area contributed by atoms with E-state index in [4.69, 9.17) is 10.2 Å². The first kappa shape index (κ1) is 18.0. The number of anilines is 1. The van der Waals surface area contributed by atoms with Crippen LogP contribution in [0.3, 0.4) is 0 Å². The number of nitrogen functional groups attached to an aromatic ring is 1. The topological polar surface area (TPSA) is 113 Å². The zero-order valence-electron chi connectivity index (χ0n) is 14.4. The Morgan fingerprint density at radius 2 is 2.04 bits per heavy atom. The molecule has 3 aromatic rings. The zero-order chi connectivity index (χ0) is 18.8. The number of benzene rings is 1. The van der Waals surface area contributed by atoms with E-state index in [1.807, 2.05) is 19.1 Å². The van der Waals surface area contributed by atoms with Gasteiger partial charge in [-0.15, -0.1) is 0 Å². The second kappa shape index (κ2) is 7.20. The van der Waals surface area contributed by atoms with Crippen LogP contribution in [-0.2, 0) is 13.6 Å². The molecule has 0 amide bonds. The fourth-order valence-corrected chi connectivity index (χ4v) is 3.31. The predicted octanol–water partition coefficient (Wildman–Crippen LogP) is 1.66. The van der Waals surface area contributed by atoms with Gasteiger partial charge in [0, 0.05) is 13.6 Å². The smallest absolute Gasteiger partial charge is 0.332 e. The fourth-order valence-electron chi connectivity index (χ4n) is 2.60. The summed E-state index contributed by atoms with van der Waals surface area (Å²) in [7, 11) is 1.33. The van der Waals surface area contributed by atoms with Crippen molar-refractivity contribution >= 4 is 34.5 Å². The molecular weight excluding hydrogens is 356 g/mol. The van der Waals surface area contributed by atoms with Crippen LogP contribution in [-0.4, -0.2) is 25.7 Å². The van der Waals surface area contributed by atoms with Gasteiger partial charge in [0.1, 0.15) is 16.9 Å². The molecule has 0 fully saturated rings. The molecule has 0 atom stereocenters. The molecule has 0 radical (unpaired) electrons. The third-order valence-corrected chi connectivity index (χ3v) is 4.74. The normalized spacial score (nSPS) is 11.2. The summed E-state index contributed by atoms with van der Waals surface area (Å²) in [5.41, 5.74) is 5.86. The molecule has 0 unspecified atom stereocenters. The molecule has 8 nitrogen and oxygen atoms in total. The average molecular weight is 374 g/mol. The Balaban J connectivity index is 1.90. The molecule has 0 spiro atoms. The molecule has 26 heavy (non-hydrogen) atoms. The van der Waals surface area contributed by atoms with Crippen molar-refractivity contribution in [2.24, 2.45) is 7.05 Å². The summed E-state index contributed by atoms with van der Waals surface area (Å²) in [6.07, 6.45) is 0.646. The van der Waals surface area contributed by atoms with Gasteiger partial charge in [-0.3, -0.25) is 18.7 Å². The van der Waals surface area contributed by atoms with Crippen molar-refractivity contribution in [2.75, 3.05) is 11.5 Å². The lowest BCUT2D eigenvalue weighted by molar-refractivity contribution is 0.102. The molecule has 0 bridgehead atoms. The molecule has 3 rings (SSSR count). The van der Waals surface area contributed by atoms with Gasteiger partial charge in [-0.2, -0.15) is 0 Å². The van der Waals surface area contributed by atoms with Crippen molar-refractivity contribution in [1.29, 1.82) is 0 Å². The number of aromatic nitrogens is 3. The van der Waals surface area contributed by atoms with E-state index < -0.39 is 17.0 Å². The van der Waals surface area contributed by atoms with Gasteiger partial charge in [-0.05, 0) is 18.6 Å². The maximum atomic E-state index is 12.6. The molecule has 0 saturated heterocycles. The molecule has 9 heteroatoms. The Labute approximate surface area is 152 Å². The first-order valence-corrected chi connectivity index (χ1v) is 9.03. The van der Waals surface area contributed by atoms with Gasteiger partial charge in [-0.1, -0.05) is 30.8 Å². The van der Waals surface area contributed by atoms with Crippen LogP contribution in [0.2, 0.25) is 0 Å². The highest BCUT2D eigenvalue weighted by Crippen LogP contribution is 2.24. The van der Waals surface area contributed by atoms with Crippen LogP contribution in [0.1, 0.15) is 23.7 Å². The van der Waals surface area contributed by atoms with E-state index in [9.17, 15) is 14.4 Å². The number of thioether (sulfide) groups is 1. The standard InChI is InChI=1S/C17H18N4O4S/c1-3-8-21-14(18)13(15(23)20(2)17(21)24)11(22)9-26-16-19-10-6-4-5-7-12(10)25-16/h4-7H,3,8-9,18H2,1-2H3. The van der Waals surface area contributed by atoms with Crippen LogP contribution in [0, 0.1) is 0 Å². The number of nitrogens with zero attached hydrogens (tertiary/aromatic N) is 3. The number of hydrogen-bond donors (Lipinski definition) is 1. The Hall–Kier alpha value is -2.81. The minimum Gasteiger partial charge on any atom is -0.431 e. The van der Waals surface area contributed by atoms with E-state index in [0.717, 1.165) is 16.3 Å². The molecule has 2 aromatic heterocycles. The number of fused-ring (bicyclic) bond motifs is 1. The van der Waals surface area contributed by atoms with Crippen molar-refractivity contribution in [2.45, 2.75) is 25.1 Å². The number of para-hydroxylation sites is 2. The number of carbonyl (C=O) groups excluding carboxylic acids is 1. The first-order valence-electron chi connectivity index (χ1n) is 8.05. The molecule has 2 N–H and O–H groups in total. The third-order valence-electron chi connectivity index (χ3n) is 3.91. The molecule has 0 aliphatic heterocycles. The summed E-state index contributed by atoms with van der Waals surface area (Å²) < 4.78 is 7.70. The highest BCUT2D eigenvalue weighted by atomic mass is 32.2. The number of hydrogen-bond acceptors (Lipinski definition) is 7. The van der Waals surface area contributed by atoms with Crippen LogP contribution >= 0.6 is 11.8 Å². The maximum Gasteiger partial charge on any atom is 0.332 e. The third kappa shape index (κ3) is 3.17. The monoisotopic (exact) mass is 374 g/mol. The highest BCUT2D eigenvalue weighted by molar-refractivity contribution is 7.99. The van der Waals surface area contributed by atoms with Crippen LogP contribution in [0.5, 0.6) is 0 Å². The molecule has 2 heterocycles. The van der Waals surface area contributed by atoms with E-state index >= 15 is 0 Å². The average Bonchev–Trinajstić information content (AvgIpc) is 3.05. The van der Waals surface area contributed by atoms with Crippen molar-refractivity contribution in [1.82, 2.24) is 14.1 Å². The van der Waals surface area contributed by atoms with Crippen LogP contribution in [0.4, 0.5) is 5.82 Å². The number of nitrogens with two attached hydrogens (primary N) is 1. The number of ketones is 1. The summed E-state index contributed by atoms with van der Waals surface area (Å²) >= 11 is 1.08. The van der Waals surface area contributed by atoms with Gasteiger partial charge in [-0.25, -0.2) is 9.78 Å². The summed E-state index contributed by atoms with van der Waals surface area (Å²) in [6, 6.07) is 7.25. The van der Waals surface area contributed by atoms with Crippen molar-refractivity contribution in [3.63, 3.8) is 0 Å². The zero-order valence-corrected chi connectivity index (χ0v) is 15.2. The summed E-state index contributed by atoms with van der Waals surface area (Å²) in [5, 5.41) is 0.330. The van der Waals surface area contributed by atoms with Gasteiger partial charge in [0.15, 0.2) is 11.4 Å². The largest absolute Gasteiger partial charge is 0.431 e. The van der Waals surface area contributed by atoms with Crippen LogP contribution in [0.25, 0.3) is 11.1 Å². The summed E-state index contributed by atoms with van der Waals surface area (Å²) in [4.78, 5) is 41.4. The number of oxazole rings is 1. The molecule has 136 valence electrons. The molecule has 0 aliphatic carbocycles. The van der Waals surface area contributed by atoms with Gasteiger partial charge in [0.05, 0.1) is 5.75 Å². The van der Waals surface area contributed by atoms with Gasteiger partial charge >= 0.3 is 5.69 Å². The molecule has 0 aliphatic rings. The van der Waals surface area contributed by atoms with Gasteiger partial charge in [0.2, 0.25) is 0 Å². The molecular formula is C17H18N4O4S. The number of Topliss-reactive ketones (excluding diaryl/α,β-unsaturated/α-hetero) is 1. The van der Waals surface area contributed by atoms with Crippen molar-refractivity contribution in [3.8, 4) is 0 Å². The Morgan fingerprint density at radius 1 is 1.31 bits per heavy atom. The van der Waals surface area contributed by atoms with Crippen molar-refractivity contribution in [3.05, 3.63) is 50.7 Å². The van der Waals surface area contributed by atoms with E-state index in [1.165, 1.54) is 11.6 Å². The Bertz CT molecular complexity index is 1060. The maximum absolute atomic E-state index is 12.6. The Morgan fingerprint density at radius 3 is 2.73 bits per heavy atom. The fraction of sp³-hybridized carbons (Fsp3) is 0.294. The Kier molecular flexibility index (Phi) is 4.99.